The molecule has 5 unspecified atom stereocenters. The van der Waals surface area contributed by atoms with Crippen LogP contribution in [0.4, 0.5) is 0 Å². The van der Waals surface area contributed by atoms with Gasteiger partial charge in [0.15, 0.2) is 6.10 Å². The molecular weight excluding hydrogens is 1220 g/mol. The summed E-state index contributed by atoms with van der Waals surface area (Å²) >= 11 is 0. The molecule has 0 fully saturated rings. The van der Waals surface area contributed by atoms with Gasteiger partial charge in [-0.25, -0.2) is 9.13 Å². The summed E-state index contributed by atoms with van der Waals surface area (Å²) < 4.78 is 60.8. The number of phosphoric ester groups is 2. The van der Waals surface area contributed by atoms with Crippen LogP contribution in [0.25, 0.3) is 0 Å². The largest absolute Gasteiger partial charge is 0.472 e. The molecule has 4 N–H and O–H groups in total. The van der Waals surface area contributed by atoms with E-state index in [1.807, 2.05) is 18.2 Å². The molecule has 0 aliphatic rings. The van der Waals surface area contributed by atoms with E-state index in [-0.39, 0.29) is 19.3 Å². The topological polar surface area (TPSA) is 231 Å². The van der Waals surface area contributed by atoms with Crippen LogP contribution in [0.2, 0.25) is 0 Å². The van der Waals surface area contributed by atoms with E-state index >= 15 is 0 Å². The maximum atomic E-state index is 12.9. The van der Waals surface area contributed by atoms with E-state index in [9.17, 15) is 43.5 Å². The summed E-state index contributed by atoms with van der Waals surface area (Å²) in [5.41, 5.74) is 0. The Morgan fingerprint density at radius 2 is 0.591 bits per heavy atom. The molecule has 0 bridgehead atoms. The number of phosphoric acid groups is 2. The third kappa shape index (κ3) is 68.6. The fraction of sp³-hybridized carbons (Fsp3) is 0.640. The SMILES string of the molecule is CC/C=C\C/C=C\C/C=C\C/C=C\C/C=C\C/C=C\CCC(=O)OCC(COP(=O)(O)OCC(O)COP(=O)(O)OCC(O)COC(=O)CCCCCCCCC/C=C\C/C=C\C/C=C\C/C=C\CCCCC)OC(=O)CCCCCCC/C=C\C/C=C\CCCCC. The number of hydrogen-bond donors (Lipinski definition) is 4. The molecular formula is C75H124O16P2. The van der Waals surface area contributed by atoms with Gasteiger partial charge in [-0.2, -0.15) is 0 Å². The molecule has 0 rings (SSSR count). The lowest BCUT2D eigenvalue weighted by atomic mass is 10.1. The third-order valence-electron chi connectivity index (χ3n) is 14.0. The Labute approximate surface area is 562 Å². The number of unbranched alkanes of at least 4 members (excludes halogenated alkanes) is 18. The molecule has 0 spiro atoms. The monoisotopic (exact) mass is 1340 g/mol. The van der Waals surface area contributed by atoms with Crippen molar-refractivity contribution in [2.45, 2.75) is 270 Å². The second kappa shape index (κ2) is 67.4. The molecule has 93 heavy (non-hydrogen) atoms. The molecule has 18 heteroatoms. The van der Waals surface area contributed by atoms with E-state index in [0.717, 1.165) is 141 Å². The van der Waals surface area contributed by atoms with E-state index in [1.165, 1.54) is 44.9 Å². The zero-order chi connectivity index (χ0) is 68.1. The summed E-state index contributed by atoms with van der Waals surface area (Å²) in [6.45, 7) is 2.36. The Hall–Kier alpha value is -4.57. The standard InChI is InChI=1S/C75H124O16P2/c1-4-7-10-13-16-19-22-25-28-30-32-33-34-35-37-39-41-43-46-49-52-55-58-61-73(78)85-64-70(76)65-87-92(81,82)88-66-71(77)67-89-93(83,84)90-69-72(91-75(80)63-60-57-54-51-48-45-40-27-24-21-18-15-12-9-6-3)68-86-74(79)62-59-56-53-50-47-44-42-38-36-31-29-26-23-20-17-14-11-8-5-2/h8,11,16-21,25-29,32-33,35-38,40,44,47,53,56,70-72,76-77H,4-7,9-10,12-15,22-24,30-31,34,39,41-43,45-46,48-52,54-55,57-69H2,1-3H3,(H,81,82)(H,83,84)/b11-8-,19-16-,20-17-,21-18-,28-25-,29-26-,33-32-,37-35-,38-36-,40-27-,47-44-,56-53-. The van der Waals surface area contributed by atoms with Gasteiger partial charge >= 0.3 is 33.6 Å². The molecule has 0 aliphatic carbocycles. The second-order valence-electron chi connectivity index (χ2n) is 22.9. The van der Waals surface area contributed by atoms with Crippen LogP contribution in [-0.4, -0.2) is 95.9 Å². The molecule has 0 saturated heterocycles. The minimum absolute atomic E-state index is 0.0371. The van der Waals surface area contributed by atoms with Gasteiger partial charge in [0.1, 0.15) is 25.4 Å². The van der Waals surface area contributed by atoms with Gasteiger partial charge < -0.3 is 34.2 Å². The van der Waals surface area contributed by atoms with E-state index in [2.05, 4.69) is 148 Å². The van der Waals surface area contributed by atoms with Crippen LogP contribution in [0.3, 0.4) is 0 Å². The van der Waals surface area contributed by atoms with Crippen LogP contribution in [0.15, 0.2) is 146 Å². The molecule has 0 aliphatic heterocycles. The van der Waals surface area contributed by atoms with Crippen LogP contribution in [-0.2, 0) is 55.8 Å². The van der Waals surface area contributed by atoms with Crippen molar-refractivity contribution in [3.8, 4) is 0 Å². The highest BCUT2D eigenvalue weighted by atomic mass is 31.2. The quantitative estimate of drug-likeness (QED) is 0.0146. The first kappa shape index (κ1) is 88.4. The number of hydrogen-bond acceptors (Lipinski definition) is 14. The van der Waals surface area contributed by atoms with Crippen LogP contribution in [0, 0.1) is 0 Å². The predicted molar refractivity (Wildman–Crippen MR) is 380 cm³/mol. The Bertz CT molecular complexity index is 2280. The van der Waals surface area contributed by atoms with Crippen LogP contribution in [0.5, 0.6) is 0 Å². The third-order valence-corrected chi connectivity index (χ3v) is 15.9. The van der Waals surface area contributed by atoms with Crippen LogP contribution < -0.4 is 0 Å². The smallest absolute Gasteiger partial charge is 0.463 e. The van der Waals surface area contributed by atoms with Gasteiger partial charge in [-0.3, -0.25) is 32.5 Å². The van der Waals surface area contributed by atoms with Gasteiger partial charge in [0.25, 0.3) is 0 Å². The van der Waals surface area contributed by atoms with Crippen LogP contribution >= 0.6 is 15.6 Å². The lowest BCUT2D eigenvalue weighted by Crippen LogP contribution is -2.30. The number of allylic oxidation sites excluding steroid dienone is 24. The Morgan fingerprint density at radius 1 is 0.312 bits per heavy atom. The molecule has 16 nitrogen and oxygen atoms in total. The first-order chi connectivity index (χ1) is 45.2. The highest BCUT2D eigenvalue weighted by molar-refractivity contribution is 7.47. The Kier molecular flexibility index (Phi) is 64.1. The second-order valence-corrected chi connectivity index (χ2v) is 25.8. The zero-order valence-electron chi connectivity index (χ0n) is 57.4. The fourth-order valence-corrected chi connectivity index (χ4v) is 10.3. The number of carbonyl (C=O) groups excluding carboxylic acids is 3. The number of ether oxygens (including phenoxy) is 3. The van der Waals surface area contributed by atoms with E-state index < -0.39 is 91.5 Å². The summed E-state index contributed by atoms with van der Waals surface area (Å²) in [5.74, 6) is -1.71. The molecule has 0 aromatic rings. The van der Waals surface area contributed by atoms with E-state index in [1.54, 1.807) is 0 Å². The van der Waals surface area contributed by atoms with Gasteiger partial charge in [-0.1, -0.05) is 244 Å². The van der Waals surface area contributed by atoms with Crippen molar-refractivity contribution in [1.29, 1.82) is 0 Å². The number of aliphatic hydroxyl groups excluding tert-OH is 2. The minimum Gasteiger partial charge on any atom is -0.463 e. The molecule has 0 aromatic heterocycles. The zero-order valence-corrected chi connectivity index (χ0v) is 59.2. The van der Waals surface area contributed by atoms with Crippen molar-refractivity contribution in [1.82, 2.24) is 0 Å². The number of carbonyl (C=O) groups is 3. The summed E-state index contributed by atoms with van der Waals surface area (Å²) in [4.78, 5) is 58.4. The Morgan fingerprint density at radius 3 is 0.968 bits per heavy atom. The molecule has 530 valence electrons. The van der Waals surface area contributed by atoms with Gasteiger partial charge in [-0.05, 0) is 135 Å². The summed E-state index contributed by atoms with van der Waals surface area (Å²) in [5, 5.41) is 20.6. The summed E-state index contributed by atoms with van der Waals surface area (Å²) in [6, 6.07) is 0. The van der Waals surface area contributed by atoms with E-state index in [0.29, 0.717) is 25.7 Å². The summed E-state index contributed by atoms with van der Waals surface area (Å²) in [6.07, 6.45) is 80.5. The minimum atomic E-state index is -4.95. The first-order valence-electron chi connectivity index (χ1n) is 35.1. The highest BCUT2D eigenvalue weighted by Crippen LogP contribution is 2.45. The normalized spacial score (nSPS) is 15.0. The van der Waals surface area contributed by atoms with Crippen molar-refractivity contribution < 1.29 is 75.8 Å². The maximum Gasteiger partial charge on any atom is 0.472 e. The first-order valence-corrected chi connectivity index (χ1v) is 38.1. The lowest BCUT2D eigenvalue weighted by Gasteiger charge is -2.21. The maximum absolute atomic E-state index is 12.9. The molecule has 0 amide bonds. The van der Waals surface area contributed by atoms with Crippen LogP contribution in [0.1, 0.15) is 252 Å². The molecule has 0 aromatic carbocycles. The van der Waals surface area contributed by atoms with Crippen molar-refractivity contribution in [2.75, 3.05) is 39.6 Å². The fourth-order valence-electron chi connectivity index (χ4n) is 8.67. The van der Waals surface area contributed by atoms with Gasteiger partial charge in [0, 0.05) is 19.3 Å². The van der Waals surface area contributed by atoms with Crippen molar-refractivity contribution in [3.05, 3.63) is 146 Å². The predicted octanol–water partition coefficient (Wildman–Crippen LogP) is 19.8. The van der Waals surface area contributed by atoms with Crippen molar-refractivity contribution in [3.63, 3.8) is 0 Å². The molecule has 5 atom stereocenters. The van der Waals surface area contributed by atoms with Gasteiger partial charge in [0.05, 0.1) is 26.4 Å². The number of esters is 3. The molecule has 0 radical (unpaired) electrons. The molecule has 0 heterocycles. The molecule has 0 saturated carbocycles. The summed E-state index contributed by atoms with van der Waals surface area (Å²) in [7, 11) is -9.82. The number of aliphatic hydroxyl groups is 2. The number of rotatable bonds is 65. The van der Waals surface area contributed by atoms with Crippen molar-refractivity contribution in [2.24, 2.45) is 0 Å². The van der Waals surface area contributed by atoms with Gasteiger partial charge in [0.2, 0.25) is 0 Å². The average molecular weight is 1340 g/mol. The lowest BCUT2D eigenvalue weighted by molar-refractivity contribution is -0.161. The average Bonchev–Trinajstić information content (AvgIpc) is 3.19. The van der Waals surface area contributed by atoms with Gasteiger partial charge in [-0.15, -0.1) is 0 Å². The van der Waals surface area contributed by atoms with E-state index in [4.69, 9.17) is 32.3 Å². The highest BCUT2D eigenvalue weighted by Gasteiger charge is 2.29. The Balaban J connectivity index is 4.72. The van der Waals surface area contributed by atoms with Crippen molar-refractivity contribution >= 4 is 33.6 Å².